The van der Waals surface area contributed by atoms with E-state index in [9.17, 15) is 14.7 Å². The molecule has 1 aliphatic carbocycles. The number of Topliss-reactive ketones (excluding diaryl/α,β-unsaturated/α-hetero) is 1. The lowest BCUT2D eigenvalue weighted by Crippen LogP contribution is -2.49. The van der Waals surface area contributed by atoms with E-state index in [0.29, 0.717) is 36.2 Å². The number of aliphatic hydroxyl groups is 1. The molecular formula is C23H18BrNO3S. The molecule has 146 valence electrons. The molecule has 1 N–H and O–H groups in total. The average Bonchev–Trinajstić information content (AvgIpc) is 3.31. The maximum atomic E-state index is 13.6. The summed E-state index contributed by atoms with van der Waals surface area (Å²) in [5, 5.41) is 13.8. The van der Waals surface area contributed by atoms with Crippen LogP contribution < -0.4 is 4.90 Å². The topological polar surface area (TPSA) is 57.6 Å². The monoisotopic (exact) mass is 467 g/mol. The van der Waals surface area contributed by atoms with Gasteiger partial charge in [-0.1, -0.05) is 46.3 Å². The van der Waals surface area contributed by atoms with Gasteiger partial charge in [0.15, 0.2) is 11.4 Å². The molecule has 4 nitrogen and oxygen atoms in total. The first-order chi connectivity index (χ1) is 14.0. The zero-order chi connectivity index (χ0) is 20.2. The van der Waals surface area contributed by atoms with Crippen LogP contribution in [0.15, 0.2) is 64.5 Å². The van der Waals surface area contributed by atoms with Gasteiger partial charge in [-0.25, -0.2) is 0 Å². The number of nitrogens with zero attached hydrogens (tertiary/aromatic N) is 1. The number of halogens is 1. The minimum absolute atomic E-state index is 0.161. The fraction of sp³-hybridized carbons (Fsp3) is 0.217. The molecule has 6 heteroatoms. The number of hydrogen-bond acceptors (Lipinski definition) is 4. The number of ketones is 1. The Bertz CT molecular complexity index is 1130. The van der Waals surface area contributed by atoms with E-state index in [2.05, 4.69) is 15.9 Å². The molecule has 0 saturated heterocycles. The summed E-state index contributed by atoms with van der Waals surface area (Å²) < 4.78 is 0.768. The molecule has 1 aliphatic heterocycles. The van der Waals surface area contributed by atoms with Gasteiger partial charge in [0, 0.05) is 20.5 Å². The van der Waals surface area contributed by atoms with Crippen molar-refractivity contribution in [1.82, 2.24) is 0 Å². The molecule has 0 radical (unpaired) electrons. The maximum Gasteiger partial charge on any atom is 0.264 e. The Morgan fingerprint density at radius 1 is 1.14 bits per heavy atom. The Hall–Kier alpha value is -2.28. The number of anilines is 1. The Morgan fingerprint density at radius 3 is 2.76 bits per heavy atom. The Labute approximate surface area is 180 Å². The molecule has 0 saturated carbocycles. The van der Waals surface area contributed by atoms with Crippen molar-refractivity contribution >= 4 is 44.6 Å². The zero-order valence-electron chi connectivity index (χ0n) is 15.5. The van der Waals surface area contributed by atoms with Crippen molar-refractivity contribution in [2.24, 2.45) is 5.92 Å². The van der Waals surface area contributed by atoms with Gasteiger partial charge in [-0.15, -0.1) is 11.3 Å². The first-order valence-corrected chi connectivity index (χ1v) is 11.2. The van der Waals surface area contributed by atoms with Crippen molar-refractivity contribution in [2.75, 3.05) is 4.90 Å². The number of rotatable bonds is 3. The molecule has 0 fully saturated rings. The van der Waals surface area contributed by atoms with E-state index in [4.69, 9.17) is 0 Å². The first-order valence-electron chi connectivity index (χ1n) is 9.49. The lowest BCUT2D eigenvalue weighted by Gasteiger charge is -2.34. The highest BCUT2D eigenvalue weighted by Crippen LogP contribution is 2.49. The molecule has 0 bridgehead atoms. The van der Waals surface area contributed by atoms with Gasteiger partial charge >= 0.3 is 0 Å². The van der Waals surface area contributed by atoms with Crippen LogP contribution in [-0.2, 0) is 23.4 Å². The summed E-state index contributed by atoms with van der Waals surface area (Å²) in [7, 11) is 0. The van der Waals surface area contributed by atoms with E-state index in [1.54, 1.807) is 28.4 Å². The van der Waals surface area contributed by atoms with Crippen LogP contribution in [-0.4, -0.2) is 16.8 Å². The van der Waals surface area contributed by atoms with Crippen LogP contribution in [0.25, 0.3) is 0 Å². The number of carbonyl (C=O) groups is 2. The summed E-state index contributed by atoms with van der Waals surface area (Å²) in [6.45, 7) is 0.380. The van der Waals surface area contributed by atoms with Crippen molar-refractivity contribution in [1.29, 1.82) is 0 Å². The van der Waals surface area contributed by atoms with Crippen LogP contribution in [0.5, 0.6) is 0 Å². The molecule has 2 aromatic carbocycles. The zero-order valence-corrected chi connectivity index (χ0v) is 17.9. The fourth-order valence-corrected chi connectivity index (χ4v) is 5.58. The summed E-state index contributed by atoms with van der Waals surface area (Å²) in [4.78, 5) is 29.6. The normalized spacial score (nSPS) is 23.2. The Balaban J connectivity index is 1.62. The van der Waals surface area contributed by atoms with Crippen molar-refractivity contribution < 1.29 is 14.7 Å². The highest BCUT2D eigenvalue weighted by atomic mass is 79.9. The number of hydrogen-bond donors (Lipinski definition) is 1. The number of thiophene rings is 1. The molecule has 1 aromatic heterocycles. The van der Waals surface area contributed by atoms with Crippen molar-refractivity contribution in [3.8, 4) is 0 Å². The molecule has 29 heavy (non-hydrogen) atoms. The lowest BCUT2D eigenvalue weighted by atomic mass is 9.71. The van der Waals surface area contributed by atoms with Gasteiger partial charge in [0.05, 0.1) is 18.2 Å². The molecule has 0 unspecified atom stereocenters. The standard InChI is InChI=1S/C23H18BrNO3S/c24-15-8-10-20-19(12-15)23(28,22(27)25(20)13-16-5-3-11-29-16)18-9-7-14-4-1-2-6-17(14)21(18)26/h1-6,8,10-12,18,28H,7,9,13H2/t18-,23-/m0/s1. The number of fused-ring (bicyclic) bond motifs is 2. The molecule has 5 rings (SSSR count). The van der Waals surface area contributed by atoms with Gasteiger partial charge in [0.2, 0.25) is 0 Å². The maximum absolute atomic E-state index is 13.6. The van der Waals surface area contributed by atoms with Crippen LogP contribution in [0.4, 0.5) is 5.69 Å². The number of aryl methyl sites for hydroxylation is 1. The van der Waals surface area contributed by atoms with Crippen molar-refractivity contribution in [3.05, 3.63) is 86.0 Å². The van der Waals surface area contributed by atoms with Gasteiger partial charge in [-0.05, 0) is 48.1 Å². The second-order valence-corrected chi connectivity index (χ2v) is 9.46. The Morgan fingerprint density at radius 2 is 1.97 bits per heavy atom. The van der Waals surface area contributed by atoms with E-state index in [0.717, 1.165) is 14.9 Å². The summed E-state index contributed by atoms with van der Waals surface area (Å²) in [5.41, 5.74) is 0.902. The van der Waals surface area contributed by atoms with E-state index < -0.39 is 17.4 Å². The quantitative estimate of drug-likeness (QED) is 0.607. The largest absolute Gasteiger partial charge is 0.375 e. The van der Waals surface area contributed by atoms with E-state index in [1.807, 2.05) is 47.8 Å². The summed E-state index contributed by atoms with van der Waals surface area (Å²) in [6.07, 6.45) is 1.10. The first kappa shape index (κ1) is 18.7. The van der Waals surface area contributed by atoms with Gasteiger partial charge in [-0.2, -0.15) is 0 Å². The molecular weight excluding hydrogens is 450 g/mol. The molecule has 0 spiro atoms. The minimum Gasteiger partial charge on any atom is -0.375 e. The van der Waals surface area contributed by atoms with Gasteiger partial charge in [0.25, 0.3) is 5.91 Å². The van der Waals surface area contributed by atoms with Gasteiger partial charge in [0.1, 0.15) is 0 Å². The SMILES string of the molecule is O=C1c2ccccc2CC[C@@H]1[C@@]1(O)C(=O)N(Cc2cccs2)c2ccc(Br)cc21. The molecule has 2 atom stereocenters. The smallest absolute Gasteiger partial charge is 0.264 e. The van der Waals surface area contributed by atoms with Crippen molar-refractivity contribution in [2.45, 2.75) is 25.0 Å². The predicted octanol–water partition coefficient (Wildman–Crippen LogP) is 4.69. The van der Waals surface area contributed by atoms with Gasteiger partial charge < -0.3 is 10.0 Å². The molecule has 3 aromatic rings. The Kier molecular flexibility index (Phi) is 4.46. The fourth-order valence-electron chi connectivity index (χ4n) is 4.53. The highest BCUT2D eigenvalue weighted by Gasteiger charge is 2.57. The number of amides is 1. The number of benzene rings is 2. The average molecular weight is 468 g/mol. The highest BCUT2D eigenvalue weighted by molar-refractivity contribution is 9.10. The van der Waals surface area contributed by atoms with Crippen LogP contribution in [0.2, 0.25) is 0 Å². The second kappa shape index (κ2) is 6.90. The van der Waals surface area contributed by atoms with E-state index in [1.165, 1.54) is 0 Å². The second-order valence-electron chi connectivity index (χ2n) is 7.51. The van der Waals surface area contributed by atoms with Gasteiger partial charge in [-0.3, -0.25) is 9.59 Å². The van der Waals surface area contributed by atoms with E-state index >= 15 is 0 Å². The van der Waals surface area contributed by atoms with Crippen LogP contribution in [0.1, 0.15) is 32.8 Å². The van der Waals surface area contributed by atoms with Crippen LogP contribution >= 0.6 is 27.3 Å². The predicted molar refractivity (Wildman–Crippen MR) is 116 cm³/mol. The summed E-state index contributed by atoms with van der Waals surface area (Å²) in [6, 6.07) is 16.9. The van der Waals surface area contributed by atoms with Crippen molar-refractivity contribution in [3.63, 3.8) is 0 Å². The van der Waals surface area contributed by atoms with E-state index in [-0.39, 0.29) is 5.78 Å². The van der Waals surface area contributed by atoms with Crippen LogP contribution in [0, 0.1) is 5.92 Å². The molecule has 2 aliphatic rings. The third-order valence-electron chi connectivity index (χ3n) is 5.93. The summed E-state index contributed by atoms with van der Waals surface area (Å²) >= 11 is 5.02. The third-order valence-corrected chi connectivity index (χ3v) is 7.29. The molecule has 2 heterocycles. The number of carbonyl (C=O) groups excluding carboxylic acids is 2. The summed E-state index contributed by atoms with van der Waals surface area (Å²) in [5.74, 6) is -1.38. The van der Waals surface area contributed by atoms with Crippen LogP contribution in [0.3, 0.4) is 0 Å². The third kappa shape index (κ3) is 2.81. The minimum atomic E-state index is -1.86. The molecule has 1 amide bonds. The lowest BCUT2D eigenvalue weighted by molar-refractivity contribution is -0.140.